The Morgan fingerprint density at radius 3 is 2.37 bits per heavy atom. The lowest BCUT2D eigenvalue weighted by Crippen LogP contribution is -2.45. The van der Waals surface area contributed by atoms with Crippen molar-refractivity contribution in [2.24, 2.45) is 11.8 Å². The molecule has 9 heteroatoms. The van der Waals surface area contributed by atoms with Crippen molar-refractivity contribution in [3.05, 3.63) is 35.6 Å². The van der Waals surface area contributed by atoms with Crippen LogP contribution in [-0.4, -0.2) is 60.8 Å². The molecule has 1 aliphatic carbocycles. The number of carbonyl (C=O) groups excluding carboxylic acids is 3. The average molecular weight is 491 g/mol. The molecule has 0 N–H and O–H groups in total. The molecular formula is C26H34O9. The number of hydrogen-bond acceptors (Lipinski definition) is 9. The van der Waals surface area contributed by atoms with Gasteiger partial charge in [-0.25, -0.2) is 0 Å². The lowest BCUT2D eigenvalue weighted by Gasteiger charge is -2.41. The standard InChI is InChI=1S/C26H34O9/c1-13(2)9-20(32-15(4)27)23(33-16(5)28)19-11-30-25(34-17(6)29)22-14(3)10-21-24(35-21)26(12-31-26)8-7-18(19)22/h9,11,18,20-25H,3,7-8,10,12H2,1-2,4-6H3/t18-,20+,21-,22+,23-,24+,25-,26-/m1/s1. The Morgan fingerprint density at radius 2 is 1.80 bits per heavy atom. The summed E-state index contributed by atoms with van der Waals surface area (Å²) in [4.78, 5) is 36.0. The van der Waals surface area contributed by atoms with Gasteiger partial charge < -0.3 is 28.4 Å². The first-order chi connectivity index (χ1) is 16.5. The molecule has 4 aliphatic rings. The fourth-order valence-electron chi connectivity index (χ4n) is 5.39. The SMILES string of the molecule is C=C1C[C@H]2O[C@@H]2[C@@]2(CC[C@@H]3C([C@@H](OC(C)=O)[C@H](C=C(C)C)OC(C)=O)=CO[C@H](OC(C)=O)[C@@H]13)CO2. The minimum Gasteiger partial charge on any atom is -0.462 e. The van der Waals surface area contributed by atoms with Gasteiger partial charge in [0.15, 0.2) is 12.2 Å². The number of rotatable bonds is 6. The second-order valence-electron chi connectivity index (χ2n) is 10.1. The molecule has 8 atom stereocenters. The Hall–Kier alpha value is -2.65. The van der Waals surface area contributed by atoms with Gasteiger partial charge in [-0.3, -0.25) is 14.4 Å². The summed E-state index contributed by atoms with van der Waals surface area (Å²) in [5.41, 5.74) is 2.03. The van der Waals surface area contributed by atoms with E-state index >= 15 is 0 Å². The third kappa shape index (κ3) is 5.62. The Balaban J connectivity index is 1.75. The van der Waals surface area contributed by atoms with Gasteiger partial charge >= 0.3 is 17.9 Å². The quantitative estimate of drug-likeness (QED) is 0.240. The normalized spacial score (nSPS) is 34.7. The smallest absolute Gasteiger partial charge is 0.305 e. The van der Waals surface area contributed by atoms with Crippen LogP contribution in [0.5, 0.6) is 0 Å². The van der Waals surface area contributed by atoms with Crippen LogP contribution in [0.25, 0.3) is 0 Å². The third-order valence-electron chi connectivity index (χ3n) is 6.92. The molecule has 2 saturated heterocycles. The van der Waals surface area contributed by atoms with Crippen molar-refractivity contribution in [1.29, 1.82) is 0 Å². The van der Waals surface area contributed by atoms with Gasteiger partial charge in [-0.05, 0) is 39.2 Å². The molecule has 0 unspecified atom stereocenters. The highest BCUT2D eigenvalue weighted by molar-refractivity contribution is 5.68. The monoisotopic (exact) mass is 490 g/mol. The Labute approximate surface area is 205 Å². The maximum atomic E-state index is 12.2. The van der Waals surface area contributed by atoms with Crippen molar-refractivity contribution in [1.82, 2.24) is 0 Å². The van der Waals surface area contributed by atoms with Gasteiger partial charge in [-0.2, -0.15) is 0 Å². The first-order valence-corrected chi connectivity index (χ1v) is 12.0. The summed E-state index contributed by atoms with van der Waals surface area (Å²) in [5, 5.41) is 0. The number of carbonyl (C=O) groups is 3. The molecule has 0 radical (unpaired) electrons. The van der Waals surface area contributed by atoms with Crippen LogP contribution in [0.2, 0.25) is 0 Å². The number of hydrogen-bond donors (Lipinski definition) is 0. The average Bonchev–Trinajstić information content (AvgIpc) is 3.64. The molecule has 3 aliphatic heterocycles. The molecule has 35 heavy (non-hydrogen) atoms. The van der Waals surface area contributed by atoms with Crippen LogP contribution in [0, 0.1) is 11.8 Å². The first-order valence-electron chi connectivity index (χ1n) is 12.0. The maximum absolute atomic E-state index is 12.2. The van der Waals surface area contributed by atoms with Crippen molar-refractivity contribution >= 4 is 17.9 Å². The van der Waals surface area contributed by atoms with Gasteiger partial charge in [0, 0.05) is 32.3 Å². The molecule has 0 aromatic carbocycles. The molecule has 3 fully saturated rings. The molecule has 9 nitrogen and oxygen atoms in total. The minimum atomic E-state index is -0.924. The van der Waals surface area contributed by atoms with E-state index in [2.05, 4.69) is 6.58 Å². The van der Waals surface area contributed by atoms with Crippen molar-refractivity contribution in [2.45, 2.75) is 90.2 Å². The molecule has 0 bridgehead atoms. The topological polar surface area (TPSA) is 113 Å². The second kappa shape index (κ2) is 9.78. The number of fused-ring (bicyclic) bond motifs is 3. The van der Waals surface area contributed by atoms with Gasteiger partial charge in [0.25, 0.3) is 0 Å². The second-order valence-corrected chi connectivity index (χ2v) is 10.1. The predicted molar refractivity (Wildman–Crippen MR) is 123 cm³/mol. The zero-order valence-corrected chi connectivity index (χ0v) is 20.9. The molecule has 0 aromatic rings. The summed E-state index contributed by atoms with van der Waals surface area (Å²) in [6.45, 7) is 12.6. The number of ether oxygens (including phenoxy) is 6. The Kier molecular flexibility index (Phi) is 7.11. The molecule has 192 valence electrons. The van der Waals surface area contributed by atoms with E-state index in [0.29, 0.717) is 31.4 Å². The van der Waals surface area contributed by atoms with Crippen molar-refractivity contribution in [3.8, 4) is 0 Å². The lowest BCUT2D eigenvalue weighted by molar-refractivity contribution is -0.183. The summed E-state index contributed by atoms with van der Waals surface area (Å²) in [7, 11) is 0. The summed E-state index contributed by atoms with van der Waals surface area (Å²) in [6.07, 6.45) is 2.51. The summed E-state index contributed by atoms with van der Waals surface area (Å²) < 4.78 is 34.6. The van der Waals surface area contributed by atoms with Crippen molar-refractivity contribution < 1.29 is 42.8 Å². The van der Waals surface area contributed by atoms with Gasteiger partial charge in [0.1, 0.15) is 11.7 Å². The summed E-state index contributed by atoms with van der Waals surface area (Å²) >= 11 is 0. The van der Waals surface area contributed by atoms with Crippen LogP contribution in [0.3, 0.4) is 0 Å². The van der Waals surface area contributed by atoms with E-state index in [1.54, 1.807) is 6.08 Å². The highest BCUT2D eigenvalue weighted by Gasteiger charge is 2.64. The van der Waals surface area contributed by atoms with Crippen LogP contribution >= 0.6 is 0 Å². The molecule has 1 spiro atoms. The van der Waals surface area contributed by atoms with Crippen LogP contribution in [-0.2, 0) is 42.8 Å². The predicted octanol–water partition coefficient (Wildman–Crippen LogP) is 3.13. The van der Waals surface area contributed by atoms with E-state index in [1.807, 2.05) is 13.8 Å². The van der Waals surface area contributed by atoms with E-state index in [-0.39, 0.29) is 23.7 Å². The zero-order valence-electron chi connectivity index (χ0n) is 20.9. The zero-order chi connectivity index (χ0) is 25.5. The van der Waals surface area contributed by atoms with Gasteiger partial charge in [0.05, 0.1) is 24.9 Å². The highest BCUT2D eigenvalue weighted by atomic mass is 16.7. The lowest BCUT2D eigenvalue weighted by atomic mass is 9.73. The number of epoxide rings is 2. The van der Waals surface area contributed by atoms with Gasteiger partial charge in [0.2, 0.25) is 6.29 Å². The van der Waals surface area contributed by atoms with E-state index in [1.165, 1.54) is 27.0 Å². The Bertz CT molecular complexity index is 956. The molecule has 4 rings (SSSR count). The minimum absolute atomic E-state index is 0.000167. The fourth-order valence-corrected chi connectivity index (χ4v) is 5.39. The van der Waals surface area contributed by atoms with E-state index in [4.69, 9.17) is 28.4 Å². The molecule has 0 aromatic heterocycles. The van der Waals surface area contributed by atoms with Crippen LogP contribution < -0.4 is 0 Å². The molecule has 3 heterocycles. The molecule has 1 saturated carbocycles. The maximum Gasteiger partial charge on any atom is 0.305 e. The molecule has 0 amide bonds. The first kappa shape index (κ1) is 25.4. The summed E-state index contributed by atoms with van der Waals surface area (Å²) in [6, 6.07) is 0. The molecular weight excluding hydrogens is 456 g/mol. The van der Waals surface area contributed by atoms with Crippen LogP contribution in [0.15, 0.2) is 35.6 Å². The largest absolute Gasteiger partial charge is 0.462 e. The Morgan fingerprint density at radius 1 is 1.11 bits per heavy atom. The van der Waals surface area contributed by atoms with Crippen LogP contribution in [0.1, 0.15) is 53.9 Å². The van der Waals surface area contributed by atoms with E-state index in [0.717, 1.165) is 11.1 Å². The highest BCUT2D eigenvalue weighted by Crippen LogP contribution is 2.54. The van der Waals surface area contributed by atoms with E-state index < -0.39 is 42.3 Å². The van der Waals surface area contributed by atoms with Crippen molar-refractivity contribution in [2.75, 3.05) is 6.61 Å². The van der Waals surface area contributed by atoms with Gasteiger partial charge in [-0.15, -0.1) is 0 Å². The van der Waals surface area contributed by atoms with Crippen molar-refractivity contribution in [3.63, 3.8) is 0 Å². The van der Waals surface area contributed by atoms with Gasteiger partial charge in [-0.1, -0.05) is 17.7 Å². The third-order valence-corrected chi connectivity index (χ3v) is 6.92. The fraction of sp³-hybridized carbons (Fsp3) is 0.654. The number of allylic oxidation sites excluding steroid dienone is 1. The number of esters is 3. The van der Waals surface area contributed by atoms with E-state index in [9.17, 15) is 14.4 Å². The summed E-state index contributed by atoms with van der Waals surface area (Å²) in [5.74, 6) is -2.16. The van der Waals surface area contributed by atoms with Crippen LogP contribution in [0.4, 0.5) is 0 Å².